The minimum absolute atomic E-state index is 0.161. The van der Waals surface area contributed by atoms with E-state index >= 15 is 0 Å². The van der Waals surface area contributed by atoms with Gasteiger partial charge in [0.05, 0.1) is 6.10 Å². The monoisotopic (exact) mass is 155 g/mol. The van der Waals surface area contributed by atoms with E-state index in [1.54, 1.807) is 6.92 Å². The molecule has 0 saturated heterocycles. The molecule has 0 aliphatic rings. The lowest BCUT2D eigenvalue weighted by atomic mass is 10.2. The van der Waals surface area contributed by atoms with Crippen LogP contribution in [0.15, 0.2) is 0 Å². The van der Waals surface area contributed by atoms with E-state index in [4.69, 9.17) is 5.11 Å². The predicted octanol–water partition coefficient (Wildman–Crippen LogP) is 0.759. The SMILES string of the molecule is CC#CCCNC(C)C(C)O. The van der Waals surface area contributed by atoms with Gasteiger partial charge in [-0.25, -0.2) is 0 Å². The fraction of sp³-hybridized carbons (Fsp3) is 0.778. The van der Waals surface area contributed by atoms with E-state index in [0.717, 1.165) is 13.0 Å². The predicted molar refractivity (Wildman–Crippen MR) is 47.2 cm³/mol. The molecule has 2 heteroatoms. The zero-order valence-corrected chi connectivity index (χ0v) is 7.52. The van der Waals surface area contributed by atoms with E-state index < -0.39 is 0 Å². The van der Waals surface area contributed by atoms with Gasteiger partial charge in [-0.05, 0) is 20.8 Å². The first-order valence-electron chi connectivity index (χ1n) is 3.99. The highest BCUT2D eigenvalue weighted by atomic mass is 16.3. The third kappa shape index (κ3) is 5.90. The van der Waals surface area contributed by atoms with Crippen LogP contribution >= 0.6 is 0 Å². The Bertz CT molecular complexity index is 143. The maximum Gasteiger partial charge on any atom is 0.0662 e. The Morgan fingerprint density at radius 3 is 2.55 bits per heavy atom. The van der Waals surface area contributed by atoms with Crippen molar-refractivity contribution in [3.8, 4) is 11.8 Å². The second-order valence-electron chi connectivity index (χ2n) is 2.66. The van der Waals surface area contributed by atoms with E-state index in [9.17, 15) is 0 Å². The van der Waals surface area contributed by atoms with E-state index in [0.29, 0.717) is 0 Å². The van der Waals surface area contributed by atoms with Crippen molar-refractivity contribution in [3.05, 3.63) is 0 Å². The molecule has 2 unspecified atom stereocenters. The summed E-state index contributed by atoms with van der Waals surface area (Å²) in [6.45, 7) is 6.43. The molecule has 0 aliphatic carbocycles. The largest absolute Gasteiger partial charge is 0.392 e. The van der Waals surface area contributed by atoms with E-state index in [1.807, 2.05) is 13.8 Å². The Morgan fingerprint density at radius 2 is 2.09 bits per heavy atom. The molecule has 0 saturated carbocycles. The number of rotatable bonds is 4. The smallest absolute Gasteiger partial charge is 0.0662 e. The van der Waals surface area contributed by atoms with Crippen molar-refractivity contribution in [3.63, 3.8) is 0 Å². The molecule has 0 aromatic rings. The molecule has 2 N–H and O–H groups in total. The highest BCUT2D eigenvalue weighted by molar-refractivity contribution is 4.95. The van der Waals surface area contributed by atoms with Gasteiger partial charge in [0.25, 0.3) is 0 Å². The van der Waals surface area contributed by atoms with E-state index in [2.05, 4.69) is 17.2 Å². The van der Waals surface area contributed by atoms with Crippen LogP contribution in [0.2, 0.25) is 0 Å². The lowest BCUT2D eigenvalue weighted by Crippen LogP contribution is -2.35. The van der Waals surface area contributed by atoms with Gasteiger partial charge in [0, 0.05) is 19.0 Å². The maximum atomic E-state index is 9.08. The number of aliphatic hydroxyl groups is 1. The number of nitrogens with one attached hydrogen (secondary N) is 1. The van der Waals surface area contributed by atoms with Crippen molar-refractivity contribution in [1.29, 1.82) is 0 Å². The van der Waals surface area contributed by atoms with Gasteiger partial charge in [0.15, 0.2) is 0 Å². The molecule has 0 radical (unpaired) electrons. The molecule has 2 atom stereocenters. The summed E-state index contributed by atoms with van der Waals surface area (Å²) in [7, 11) is 0. The molecule has 64 valence electrons. The topological polar surface area (TPSA) is 32.3 Å². The lowest BCUT2D eigenvalue weighted by molar-refractivity contribution is 0.153. The summed E-state index contributed by atoms with van der Waals surface area (Å²) in [5, 5.41) is 12.2. The summed E-state index contributed by atoms with van der Waals surface area (Å²) < 4.78 is 0. The minimum Gasteiger partial charge on any atom is -0.392 e. The van der Waals surface area contributed by atoms with Crippen LogP contribution in [0.1, 0.15) is 27.2 Å². The molecule has 0 aliphatic heterocycles. The van der Waals surface area contributed by atoms with E-state index in [-0.39, 0.29) is 12.1 Å². The van der Waals surface area contributed by atoms with Crippen LogP contribution in [0.4, 0.5) is 0 Å². The summed E-state index contributed by atoms with van der Waals surface area (Å²) in [6.07, 6.45) is 0.567. The first-order valence-corrected chi connectivity index (χ1v) is 3.99. The van der Waals surface area contributed by atoms with Crippen LogP contribution in [-0.2, 0) is 0 Å². The quantitative estimate of drug-likeness (QED) is 0.464. The van der Waals surface area contributed by atoms with Crippen molar-refractivity contribution >= 4 is 0 Å². The maximum absolute atomic E-state index is 9.08. The van der Waals surface area contributed by atoms with Gasteiger partial charge in [-0.15, -0.1) is 11.8 Å². The van der Waals surface area contributed by atoms with Crippen LogP contribution in [0, 0.1) is 11.8 Å². The summed E-state index contributed by atoms with van der Waals surface area (Å²) in [5.74, 6) is 5.77. The number of aliphatic hydroxyl groups excluding tert-OH is 1. The minimum atomic E-state index is -0.287. The normalized spacial score (nSPS) is 14.9. The molecular formula is C9H17NO. The average Bonchev–Trinajstić information content (AvgIpc) is 1.97. The molecule has 0 spiro atoms. The van der Waals surface area contributed by atoms with Crippen LogP contribution in [-0.4, -0.2) is 23.8 Å². The fourth-order valence-electron chi connectivity index (χ4n) is 0.658. The summed E-state index contributed by atoms with van der Waals surface area (Å²) >= 11 is 0. The van der Waals surface area contributed by atoms with Crippen molar-refractivity contribution in [2.75, 3.05) is 6.54 Å². The average molecular weight is 155 g/mol. The molecule has 0 amide bonds. The highest BCUT2D eigenvalue weighted by Gasteiger charge is 2.05. The number of hydrogen-bond donors (Lipinski definition) is 2. The summed E-state index contributed by atoms with van der Waals surface area (Å²) in [5.41, 5.74) is 0. The Hall–Kier alpha value is -0.520. The van der Waals surface area contributed by atoms with Crippen LogP contribution in [0.5, 0.6) is 0 Å². The van der Waals surface area contributed by atoms with Crippen molar-refractivity contribution in [2.24, 2.45) is 0 Å². The molecule has 0 heterocycles. The van der Waals surface area contributed by atoms with Crippen LogP contribution in [0.3, 0.4) is 0 Å². The highest BCUT2D eigenvalue weighted by Crippen LogP contribution is 1.89. The zero-order chi connectivity index (χ0) is 8.69. The lowest BCUT2D eigenvalue weighted by Gasteiger charge is -2.15. The van der Waals surface area contributed by atoms with E-state index in [1.165, 1.54) is 0 Å². The van der Waals surface area contributed by atoms with Gasteiger partial charge in [-0.3, -0.25) is 0 Å². The van der Waals surface area contributed by atoms with Crippen molar-refractivity contribution in [1.82, 2.24) is 5.32 Å². The van der Waals surface area contributed by atoms with Gasteiger partial charge in [0.2, 0.25) is 0 Å². The van der Waals surface area contributed by atoms with Gasteiger partial charge in [-0.2, -0.15) is 0 Å². The Kier molecular flexibility index (Phi) is 5.91. The van der Waals surface area contributed by atoms with Crippen molar-refractivity contribution < 1.29 is 5.11 Å². The van der Waals surface area contributed by atoms with Gasteiger partial charge >= 0.3 is 0 Å². The Morgan fingerprint density at radius 1 is 1.45 bits per heavy atom. The van der Waals surface area contributed by atoms with Crippen LogP contribution in [0.25, 0.3) is 0 Å². The molecule has 0 bridgehead atoms. The Balaban J connectivity index is 3.29. The molecule has 11 heavy (non-hydrogen) atoms. The standard InChI is InChI=1S/C9H17NO/c1-4-5-6-7-10-8(2)9(3)11/h8-11H,6-7H2,1-3H3. The third-order valence-corrected chi connectivity index (χ3v) is 1.62. The molecule has 0 aromatic heterocycles. The number of hydrogen-bond acceptors (Lipinski definition) is 2. The summed E-state index contributed by atoms with van der Waals surface area (Å²) in [4.78, 5) is 0. The summed E-state index contributed by atoms with van der Waals surface area (Å²) in [6, 6.07) is 0.161. The second kappa shape index (κ2) is 6.21. The molecular weight excluding hydrogens is 138 g/mol. The first kappa shape index (κ1) is 10.5. The zero-order valence-electron chi connectivity index (χ0n) is 7.52. The molecule has 0 rings (SSSR count). The molecule has 0 fully saturated rings. The van der Waals surface area contributed by atoms with Crippen molar-refractivity contribution in [2.45, 2.75) is 39.3 Å². The Labute approximate surface area is 69.0 Å². The second-order valence-corrected chi connectivity index (χ2v) is 2.66. The van der Waals surface area contributed by atoms with Gasteiger partial charge in [-0.1, -0.05) is 0 Å². The first-order chi connectivity index (χ1) is 5.18. The fourth-order valence-corrected chi connectivity index (χ4v) is 0.658. The molecule has 2 nitrogen and oxygen atoms in total. The molecule has 0 aromatic carbocycles. The van der Waals surface area contributed by atoms with Crippen LogP contribution < -0.4 is 5.32 Å². The third-order valence-electron chi connectivity index (χ3n) is 1.62. The van der Waals surface area contributed by atoms with Gasteiger partial charge in [0.1, 0.15) is 0 Å². The van der Waals surface area contributed by atoms with Gasteiger partial charge < -0.3 is 10.4 Å².